The second-order valence-corrected chi connectivity index (χ2v) is 8.59. The molecular formula is C25H28ClN5O2. The Bertz CT molecular complexity index is 1140. The van der Waals surface area contributed by atoms with E-state index in [0.717, 1.165) is 29.1 Å². The number of halogens is 1. The van der Waals surface area contributed by atoms with Crippen LogP contribution in [-0.2, 0) is 6.42 Å². The quantitative estimate of drug-likeness (QED) is 0.536. The van der Waals surface area contributed by atoms with E-state index in [-0.39, 0.29) is 12.1 Å². The van der Waals surface area contributed by atoms with Crippen molar-refractivity contribution in [2.45, 2.75) is 33.2 Å². The summed E-state index contributed by atoms with van der Waals surface area (Å²) in [7, 11) is 0. The molecule has 1 aliphatic heterocycles. The van der Waals surface area contributed by atoms with Crippen LogP contribution in [0.2, 0.25) is 5.02 Å². The normalized spacial score (nSPS) is 15.9. The minimum Gasteiger partial charge on any atom is -0.437 e. The van der Waals surface area contributed by atoms with Gasteiger partial charge in [-0.15, -0.1) is 0 Å². The number of para-hydroxylation sites is 1. The Hall–Kier alpha value is -3.32. The number of nitrogens with zero attached hydrogens (tertiary/aromatic N) is 4. The molecule has 0 unspecified atom stereocenters. The van der Waals surface area contributed by atoms with Crippen LogP contribution in [0, 0.1) is 6.92 Å². The number of hydrogen-bond donors (Lipinski definition) is 1. The lowest BCUT2D eigenvalue weighted by Gasteiger charge is -2.40. The Labute approximate surface area is 199 Å². The minimum atomic E-state index is -0.0798. The fourth-order valence-electron chi connectivity index (χ4n) is 3.97. The van der Waals surface area contributed by atoms with Gasteiger partial charge < -0.3 is 19.9 Å². The van der Waals surface area contributed by atoms with Gasteiger partial charge in [-0.05, 0) is 49.6 Å². The van der Waals surface area contributed by atoms with E-state index >= 15 is 0 Å². The number of ether oxygens (including phenoxy) is 1. The van der Waals surface area contributed by atoms with E-state index in [1.807, 2.05) is 55.1 Å². The Balaban J connectivity index is 1.42. The molecule has 2 aromatic carbocycles. The van der Waals surface area contributed by atoms with Crippen LogP contribution in [0.1, 0.15) is 25.0 Å². The second-order valence-electron chi connectivity index (χ2n) is 8.18. The highest BCUT2D eigenvalue weighted by Crippen LogP contribution is 2.30. The first-order valence-electron chi connectivity index (χ1n) is 11.1. The number of carbonyl (C=O) groups is 1. The molecule has 2 heterocycles. The van der Waals surface area contributed by atoms with Crippen molar-refractivity contribution in [2.24, 2.45) is 0 Å². The van der Waals surface area contributed by atoms with E-state index < -0.39 is 0 Å². The van der Waals surface area contributed by atoms with Crippen molar-refractivity contribution < 1.29 is 9.53 Å². The number of anilines is 2. The highest BCUT2D eigenvalue weighted by Gasteiger charge is 2.28. The molecule has 4 rings (SSSR count). The highest BCUT2D eigenvalue weighted by atomic mass is 35.5. The number of aromatic nitrogens is 2. The van der Waals surface area contributed by atoms with Crippen LogP contribution in [0.15, 0.2) is 54.9 Å². The largest absolute Gasteiger partial charge is 0.437 e. The van der Waals surface area contributed by atoms with Crippen LogP contribution in [0.25, 0.3) is 0 Å². The third kappa shape index (κ3) is 5.37. The molecular weight excluding hydrogens is 438 g/mol. The fraction of sp³-hybridized carbons (Fsp3) is 0.320. The van der Waals surface area contributed by atoms with Crippen molar-refractivity contribution in [3.05, 3.63) is 71.0 Å². The molecule has 1 fully saturated rings. The van der Waals surface area contributed by atoms with Crippen molar-refractivity contribution >= 4 is 29.1 Å². The first-order valence-corrected chi connectivity index (χ1v) is 11.5. The fourth-order valence-corrected chi connectivity index (χ4v) is 4.12. The standard InChI is InChI=1S/C25H28ClN5O2/c1-4-19-7-5-6-8-21(19)29-25(32)31-12-11-30(15-18(31)3)23-14-24(28-16-27-23)33-22-13-17(2)9-10-20(22)26/h5-10,13-14,16,18H,4,11-12,15H2,1-3H3,(H,29,32)/t18-/m1/s1. The van der Waals surface area contributed by atoms with Gasteiger partial charge in [-0.3, -0.25) is 0 Å². The van der Waals surface area contributed by atoms with E-state index in [9.17, 15) is 4.79 Å². The van der Waals surface area contributed by atoms with Gasteiger partial charge in [0.05, 0.1) is 5.02 Å². The molecule has 1 N–H and O–H groups in total. The molecule has 1 aromatic heterocycles. The van der Waals surface area contributed by atoms with Crippen molar-refractivity contribution in [3.8, 4) is 11.6 Å². The summed E-state index contributed by atoms with van der Waals surface area (Å²) in [5, 5.41) is 3.60. The number of benzene rings is 2. The molecule has 3 aromatic rings. The summed E-state index contributed by atoms with van der Waals surface area (Å²) in [5.41, 5.74) is 3.04. The van der Waals surface area contributed by atoms with Crippen molar-refractivity contribution in [1.29, 1.82) is 0 Å². The molecule has 7 nitrogen and oxygen atoms in total. The van der Waals surface area contributed by atoms with Crippen LogP contribution in [-0.4, -0.2) is 46.6 Å². The van der Waals surface area contributed by atoms with Crippen molar-refractivity contribution in [2.75, 3.05) is 29.9 Å². The van der Waals surface area contributed by atoms with Crippen molar-refractivity contribution in [3.63, 3.8) is 0 Å². The molecule has 1 saturated heterocycles. The molecule has 0 saturated carbocycles. The number of aryl methyl sites for hydroxylation is 2. The average Bonchev–Trinajstić information content (AvgIpc) is 2.82. The van der Waals surface area contributed by atoms with Crippen LogP contribution >= 0.6 is 11.6 Å². The Morgan fingerprint density at radius 1 is 1.18 bits per heavy atom. The van der Waals surface area contributed by atoms with Crippen LogP contribution in [0.3, 0.4) is 0 Å². The lowest BCUT2D eigenvalue weighted by Crippen LogP contribution is -2.55. The maximum atomic E-state index is 12.9. The summed E-state index contributed by atoms with van der Waals surface area (Å²) in [6.45, 7) is 8.01. The van der Waals surface area contributed by atoms with Gasteiger partial charge in [-0.1, -0.05) is 42.8 Å². The number of piperazine rings is 1. The predicted octanol–water partition coefficient (Wildman–Crippen LogP) is 5.54. The summed E-state index contributed by atoms with van der Waals surface area (Å²) in [6, 6.07) is 15.3. The van der Waals surface area contributed by atoms with E-state index in [4.69, 9.17) is 16.3 Å². The van der Waals surface area contributed by atoms with Crippen LogP contribution in [0.5, 0.6) is 11.6 Å². The smallest absolute Gasteiger partial charge is 0.322 e. The maximum Gasteiger partial charge on any atom is 0.322 e. The SMILES string of the molecule is CCc1ccccc1NC(=O)N1CCN(c2cc(Oc3cc(C)ccc3Cl)ncn2)C[C@H]1C. The Morgan fingerprint density at radius 2 is 2.00 bits per heavy atom. The zero-order valence-corrected chi connectivity index (χ0v) is 19.8. The van der Waals surface area contributed by atoms with Gasteiger partial charge in [0.25, 0.3) is 0 Å². The van der Waals surface area contributed by atoms with Crippen molar-refractivity contribution in [1.82, 2.24) is 14.9 Å². The summed E-state index contributed by atoms with van der Waals surface area (Å²) in [5.74, 6) is 1.74. The molecule has 0 spiro atoms. The van der Waals surface area contributed by atoms with E-state index in [1.54, 1.807) is 12.1 Å². The molecule has 0 radical (unpaired) electrons. The maximum absolute atomic E-state index is 12.9. The zero-order valence-electron chi connectivity index (χ0n) is 19.1. The Morgan fingerprint density at radius 3 is 2.79 bits per heavy atom. The summed E-state index contributed by atoms with van der Waals surface area (Å²) in [6.07, 6.45) is 2.35. The molecule has 1 aliphatic rings. The average molecular weight is 466 g/mol. The van der Waals surface area contributed by atoms with Crippen LogP contribution in [0.4, 0.5) is 16.3 Å². The summed E-state index contributed by atoms with van der Waals surface area (Å²) < 4.78 is 5.91. The first-order chi connectivity index (χ1) is 15.9. The lowest BCUT2D eigenvalue weighted by atomic mass is 10.1. The molecule has 0 bridgehead atoms. The molecule has 8 heteroatoms. The number of carbonyl (C=O) groups excluding carboxylic acids is 1. The number of amides is 2. The van der Waals surface area contributed by atoms with Gasteiger partial charge in [0.15, 0.2) is 0 Å². The topological polar surface area (TPSA) is 70.6 Å². The monoisotopic (exact) mass is 465 g/mol. The van der Waals surface area contributed by atoms with E-state index in [1.165, 1.54) is 6.33 Å². The molecule has 1 atom stereocenters. The Kier molecular flexibility index (Phi) is 6.99. The first kappa shape index (κ1) is 22.9. The summed E-state index contributed by atoms with van der Waals surface area (Å²) >= 11 is 6.25. The molecule has 2 amide bonds. The third-order valence-electron chi connectivity index (χ3n) is 5.78. The molecule has 0 aliphatic carbocycles. The second kappa shape index (κ2) is 10.1. The van der Waals surface area contributed by atoms with Gasteiger partial charge in [0.1, 0.15) is 17.9 Å². The highest BCUT2D eigenvalue weighted by molar-refractivity contribution is 6.32. The van der Waals surface area contributed by atoms with Gasteiger partial charge >= 0.3 is 6.03 Å². The number of nitrogens with one attached hydrogen (secondary N) is 1. The van der Waals surface area contributed by atoms with Gasteiger partial charge in [0.2, 0.25) is 5.88 Å². The van der Waals surface area contributed by atoms with Gasteiger partial charge in [-0.2, -0.15) is 0 Å². The molecule has 33 heavy (non-hydrogen) atoms. The van der Waals surface area contributed by atoms with Gasteiger partial charge in [-0.25, -0.2) is 14.8 Å². The summed E-state index contributed by atoms with van der Waals surface area (Å²) in [4.78, 5) is 25.6. The van der Waals surface area contributed by atoms with E-state index in [0.29, 0.717) is 36.3 Å². The molecule has 172 valence electrons. The minimum absolute atomic E-state index is 0.0121. The lowest BCUT2D eigenvalue weighted by molar-refractivity contribution is 0.184. The number of hydrogen-bond acceptors (Lipinski definition) is 5. The predicted molar refractivity (Wildman–Crippen MR) is 132 cm³/mol. The van der Waals surface area contributed by atoms with Crippen LogP contribution < -0.4 is 15.0 Å². The number of rotatable bonds is 5. The third-order valence-corrected chi connectivity index (χ3v) is 6.09. The van der Waals surface area contributed by atoms with Gasteiger partial charge in [0, 0.05) is 37.4 Å². The number of urea groups is 1. The zero-order chi connectivity index (χ0) is 23.4. The van der Waals surface area contributed by atoms with E-state index in [2.05, 4.69) is 27.1 Å².